The van der Waals surface area contributed by atoms with Gasteiger partial charge in [0, 0.05) is 13.1 Å². The number of hydrogen-bond acceptors (Lipinski definition) is 4. The minimum atomic E-state index is -3.39. The Hall–Kier alpha value is -1.35. The van der Waals surface area contributed by atoms with Crippen LogP contribution in [-0.4, -0.2) is 61.9 Å². The summed E-state index contributed by atoms with van der Waals surface area (Å²) in [5, 5.41) is 11.8. The van der Waals surface area contributed by atoms with Gasteiger partial charge in [-0.1, -0.05) is 6.92 Å². The van der Waals surface area contributed by atoms with Crippen LogP contribution in [0.4, 0.5) is 4.79 Å². The maximum absolute atomic E-state index is 12.0. The summed E-state index contributed by atoms with van der Waals surface area (Å²) in [7, 11) is -2.09. The van der Waals surface area contributed by atoms with Crippen molar-refractivity contribution in [3.63, 3.8) is 0 Å². The van der Waals surface area contributed by atoms with Gasteiger partial charge in [-0.25, -0.2) is 22.7 Å². The van der Waals surface area contributed by atoms with Gasteiger partial charge in [0.15, 0.2) is 0 Å². The van der Waals surface area contributed by atoms with E-state index < -0.39 is 27.6 Å². The van der Waals surface area contributed by atoms with Crippen LogP contribution < -0.4 is 10.0 Å². The molecule has 1 aliphatic heterocycles. The first-order valence-corrected chi connectivity index (χ1v) is 8.14. The molecule has 116 valence electrons. The summed E-state index contributed by atoms with van der Waals surface area (Å²) in [5.41, 5.74) is -1.17. The van der Waals surface area contributed by atoms with Crippen LogP contribution in [0.2, 0.25) is 0 Å². The molecule has 0 spiro atoms. The van der Waals surface area contributed by atoms with E-state index in [2.05, 4.69) is 10.0 Å². The van der Waals surface area contributed by atoms with Gasteiger partial charge in [-0.05, 0) is 26.3 Å². The summed E-state index contributed by atoms with van der Waals surface area (Å²) in [5.74, 6) is -1.26. The number of rotatable bonds is 6. The number of nitrogens with zero attached hydrogens (tertiary/aromatic N) is 1. The van der Waals surface area contributed by atoms with Gasteiger partial charge < -0.3 is 15.3 Å². The normalized spacial score (nSPS) is 22.8. The van der Waals surface area contributed by atoms with Crippen LogP contribution in [0.1, 0.15) is 26.2 Å². The fourth-order valence-corrected chi connectivity index (χ4v) is 2.98. The van der Waals surface area contributed by atoms with Crippen LogP contribution in [0.25, 0.3) is 0 Å². The zero-order valence-corrected chi connectivity index (χ0v) is 12.5. The molecule has 1 unspecified atom stereocenters. The number of urea groups is 1. The average molecular weight is 307 g/mol. The molecule has 3 N–H and O–H groups in total. The van der Waals surface area contributed by atoms with Crippen molar-refractivity contribution >= 4 is 22.0 Å². The highest BCUT2D eigenvalue weighted by molar-refractivity contribution is 7.89. The molecule has 0 bridgehead atoms. The van der Waals surface area contributed by atoms with Crippen LogP contribution in [0, 0.1) is 0 Å². The first-order valence-electron chi connectivity index (χ1n) is 6.49. The maximum atomic E-state index is 12.0. The first kappa shape index (κ1) is 16.7. The Kier molecular flexibility index (Phi) is 5.35. The van der Waals surface area contributed by atoms with Crippen LogP contribution in [-0.2, 0) is 14.8 Å². The zero-order chi connectivity index (χ0) is 15.4. The lowest BCUT2D eigenvalue weighted by Crippen LogP contribution is -2.56. The van der Waals surface area contributed by atoms with E-state index in [-0.39, 0.29) is 12.3 Å². The van der Waals surface area contributed by atoms with Crippen LogP contribution >= 0.6 is 0 Å². The Labute approximate surface area is 118 Å². The zero-order valence-electron chi connectivity index (χ0n) is 11.7. The number of nitrogens with one attached hydrogen (secondary N) is 2. The van der Waals surface area contributed by atoms with E-state index in [4.69, 9.17) is 0 Å². The summed E-state index contributed by atoms with van der Waals surface area (Å²) in [4.78, 5) is 24.7. The third-order valence-corrected chi connectivity index (χ3v) is 5.04. The van der Waals surface area contributed by atoms with Gasteiger partial charge in [-0.3, -0.25) is 0 Å². The number of carbonyl (C=O) groups excluding carboxylic acids is 1. The van der Waals surface area contributed by atoms with E-state index in [1.807, 2.05) is 0 Å². The smallest absolute Gasteiger partial charge is 0.329 e. The molecule has 8 nitrogen and oxygen atoms in total. The van der Waals surface area contributed by atoms with E-state index in [0.717, 1.165) is 0 Å². The van der Waals surface area contributed by atoms with Crippen molar-refractivity contribution in [1.82, 2.24) is 14.9 Å². The number of sulfonamides is 1. The van der Waals surface area contributed by atoms with Gasteiger partial charge >= 0.3 is 12.0 Å². The Balaban J connectivity index is 2.65. The molecule has 1 aliphatic rings. The van der Waals surface area contributed by atoms with E-state index in [9.17, 15) is 23.1 Å². The second-order valence-electron chi connectivity index (χ2n) is 4.70. The first-order chi connectivity index (χ1) is 9.29. The van der Waals surface area contributed by atoms with Crippen molar-refractivity contribution in [3.8, 4) is 0 Å². The fourth-order valence-electron chi connectivity index (χ4n) is 2.41. The lowest BCUT2D eigenvalue weighted by Gasteiger charge is -2.33. The molecular weight excluding hydrogens is 286 g/mol. The molecule has 0 aromatic carbocycles. The van der Waals surface area contributed by atoms with E-state index in [1.165, 1.54) is 11.9 Å². The highest BCUT2D eigenvalue weighted by Gasteiger charge is 2.48. The number of likely N-dealkylation sites (tertiary alicyclic amines) is 1. The molecule has 0 aromatic heterocycles. The largest absolute Gasteiger partial charge is 0.479 e. The molecule has 1 fully saturated rings. The Bertz CT molecular complexity index is 478. The third kappa shape index (κ3) is 3.40. The van der Waals surface area contributed by atoms with Crippen LogP contribution in [0.15, 0.2) is 0 Å². The number of hydrogen-bond donors (Lipinski definition) is 3. The van der Waals surface area contributed by atoms with Crippen molar-refractivity contribution in [2.24, 2.45) is 0 Å². The molecule has 0 aliphatic carbocycles. The Morgan fingerprint density at radius 1 is 1.40 bits per heavy atom. The molecule has 1 rings (SSSR count). The minimum absolute atomic E-state index is 0.0576. The lowest BCUT2D eigenvalue weighted by molar-refractivity contribution is -0.148. The molecule has 1 saturated heterocycles. The molecule has 0 radical (unpaired) electrons. The second-order valence-corrected chi connectivity index (χ2v) is 6.75. The van der Waals surface area contributed by atoms with Crippen molar-refractivity contribution in [2.75, 3.05) is 25.9 Å². The number of aliphatic carboxylic acids is 1. The molecule has 0 aromatic rings. The van der Waals surface area contributed by atoms with Gasteiger partial charge in [0.05, 0.1) is 5.75 Å². The van der Waals surface area contributed by atoms with Crippen molar-refractivity contribution in [2.45, 2.75) is 31.7 Å². The number of carboxylic acids is 1. The van der Waals surface area contributed by atoms with Crippen molar-refractivity contribution < 1.29 is 23.1 Å². The summed E-state index contributed by atoms with van der Waals surface area (Å²) in [6, 6.07) is -0.530. The maximum Gasteiger partial charge on any atom is 0.329 e. The number of carboxylic acid groups (broad SMARTS) is 1. The van der Waals surface area contributed by atoms with Gasteiger partial charge in [0.25, 0.3) is 0 Å². The van der Waals surface area contributed by atoms with E-state index >= 15 is 0 Å². The van der Waals surface area contributed by atoms with Gasteiger partial charge in [-0.2, -0.15) is 0 Å². The topological polar surface area (TPSA) is 116 Å². The molecule has 9 heteroatoms. The highest BCUT2D eigenvalue weighted by atomic mass is 32.2. The number of amides is 2. The Morgan fingerprint density at radius 3 is 2.55 bits per heavy atom. The van der Waals surface area contributed by atoms with Crippen LogP contribution in [0.3, 0.4) is 0 Å². The molecule has 1 heterocycles. The second kappa shape index (κ2) is 6.40. The van der Waals surface area contributed by atoms with Crippen molar-refractivity contribution in [1.29, 1.82) is 0 Å². The quantitative estimate of drug-likeness (QED) is 0.616. The van der Waals surface area contributed by atoms with Gasteiger partial charge in [0.1, 0.15) is 5.54 Å². The van der Waals surface area contributed by atoms with Crippen LogP contribution in [0.5, 0.6) is 0 Å². The van der Waals surface area contributed by atoms with E-state index in [1.54, 1.807) is 6.92 Å². The molecule has 2 amide bonds. The average Bonchev–Trinajstić information content (AvgIpc) is 2.83. The SMILES string of the molecule is CCC1(C(=O)O)CCCN1C(=O)NCCS(=O)(=O)NC. The van der Waals surface area contributed by atoms with Gasteiger partial charge in [-0.15, -0.1) is 0 Å². The summed E-state index contributed by atoms with van der Waals surface area (Å²) in [6.07, 6.45) is 1.37. The minimum Gasteiger partial charge on any atom is -0.479 e. The standard InChI is InChI=1S/C11H21N3O5S/c1-3-11(9(15)16)5-4-7-14(11)10(17)13-6-8-20(18,19)12-2/h12H,3-8H2,1-2H3,(H,13,17)(H,15,16). The predicted octanol–water partition coefficient (Wildman–Crippen LogP) is -0.426. The molecular formula is C11H21N3O5S. The van der Waals surface area contributed by atoms with Crippen molar-refractivity contribution in [3.05, 3.63) is 0 Å². The van der Waals surface area contributed by atoms with E-state index in [0.29, 0.717) is 25.8 Å². The lowest BCUT2D eigenvalue weighted by atomic mass is 9.93. The van der Waals surface area contributed by atoms with Gasteiger partial charge in [0.2, 0.25) is 10.0 Å². The highest BCUT2D eigenvalue weighted by Crippen LogP contribution is 2.32. The number of carbonyl (C=O) groups is 2. The molecule has 1 atom stereocenters. The monoisotopic (exact) mass is 307 g/mol. The Morgan fingerprint density at radius 2 is 2.05 bits per heavy atom. The molecule has 20 heavy (non-hydrogen) atoms. The fraction of sp³-hybridized carbons (Fsp3) is 0.818. The summed E-state index contributed by atoms with van der Waals surface area (Å²) < 4.78 is 24.6. The summed E-state index contributed by atoms with van der Waals surface area (Å²) in [6.45, 7) is 2.04. The predicted molar refractivity (Wildman–Crippen MR) is 72.8 cm³/mol. The summed E-state index contributed by atoms with van der Waals surface area (Å²) >= 11 is 0. The third-order valence-electron chi connectivity index (χ3n) is 3.67. The molecule has 0 saturated carbocycles.